The molecule has 0 aliphatic rings. The molecule has 0 aliphatic carbocycles. The molecule has 3 aromatic carbocycles. The Morgan fingerprint density at radius 1 is 0.968 bits per heavy atom. The van der Waals surface area contributed by atoms with Crippen LogP contribution in [-0.4, -0.2) is 25.1 Å². The number of anilines is 1. The maximum atomic E-state index is 13.5. The highest BCUT2D eigenvalue weighted by molar-refractivity contribution is 6.30. The summed E-state index contributed by atoms with van der Waals surface area (Å²) in [5.41, 5.74) is 4.22. The van der Waals surface area contributed by atoms with Gasteiger partial charge in [-0.25, -0.2) is 4.98 Å². The van der Waals surface area contributed by atoms with E-state index in [4.69, 9.17) is 26.1 Å². The Kier molecular flexibility index (Phi) is 5.78. The Balaban J connectivity index is 1.86. The van der Waals surface area contributed by atoms with E-state index in [1.807, 2.05) is 55.5 Å². The zero-order chi connectivity index (χ0) is 22.0. The summed E-state index contributed by atoms with van der Waals surface area (Å²) in [5.74, 6) is 0.912. The summed E-state index contributed by atoms with van der Waals surface area (Å²) < 4.78 is 10.7. The van der Waals surface area contributed by atoms with Crippen LogP contribution in [0.2, 0.25) is 5.02 Å². The minimum absolute atomic E-state index is 0.252. The second-order valence-corrected chi connectivity index (χ2v) is 7.44. The van der Waals surface area contributed by atoms with Crippen LogP contribution in [-0.2, 0) is 0 Å². The number of halogens is 1. The number of pyridine rings is 1. The van der Waals surface area contributed by atoms with E-state index in [0.29, 0.717) is 27.8 Å². The number of aromatic nitrogens is 1. The topological polar surface area (TPSA) is 60.5 Å². The van der Waals surface area contributed by atoms with Gasteiger partial charge in [0.1, 0.15) is 11.5 Å². The fourth-order valence-electron chi connectivity index (χ4n) is 3.59. The zero-order valence-electron chi connectivity index (χ0n) is 17.4. The summed E-state index contributed by atoms with van der Waals surface area (Å²) in [5, 5.41) is 4.40. The molecule has 31 heavy (non-hydrogen) atoms. The largest absolute Gasteiger partial charge is 0.497 e. The fraction of sp³-hybridized carbons (Fsp3) is 0.120. The lowest BCUT2D eigenvalue weighted by Crippen LogP contribution is -2.16. The van der Waals surface area contributed by atoms with Gasteiger partial charge in [0.15, 0.2) is 0 Å². The van der Waals surface area contributed by atoms with Gasteiger partial charge in [0, 0.05) is 22.0 Å². The van der Waals surface area contributed by atoms with Crippen LogP contribution >= 0.6 is 11.6 Å². The Labute approximate surface area is 185 Å². The van der Waals surface area contributed by atoms with Crippen molar-refractivity contribution in [2.45, 2.75) is 6.92 Å². The van der Waals surface area contributed by atoms with Crippen LogP contribution in [0.1, 0.15) is 15.9 Å². The molecule has 0 saturated carbocycles. The summed E-state index contributed by atoms with van der Waals surface area (Å²) >= 11 is 6.05. The number of amides is 1. The molecule has 6 heteroatoms. The number of fused-ring (bicyclic) bond motifs is 1. The summed E-state index contributed by atoms with van der Waals surface area (Å²) in [7, 11) is 3.13. The first-order valence-corrected chi connectivity index (χ1v) is 10.1. The Morgan fingerprint density at radius 3 is 2.42 bits per heavy atom. The van der Waals surface area contributed by atoms with E-state index in [2.05, 4.69) is 5.32 Å². The number of hydrogen-bond donors (Lipinski definition) is 1. The molecule has 4 aromatic rings. The van der Waals surface area contributed by atoms with E-state index in [9.17, 15) is 4.79 Å². The molecule has 1 N–H and O–H groups in total. The highest BCUT2D eigenvalue weighted by atomic mass is 35.5. The van der Waals surface area contributed by atoms with Gasteiger partial charge < -0.3 is 14.8 Å². The van der Waals surface area contributed by atoms with Gasteiger partial charge in [0.2, 0.25) is 0 Å². The fourth-order valence-corrected chi connectivity index (χ4v) is 3.71. The van der Waals surface area contributed by atoms with E-state index in [0.717, 1.165) is 27.7 Å². The smallest absolute Gasteiger partial charge is 0.256 e. The number of nitrogens with zero attached hydrogens (tertiary/aromatic N) is 1. The number of carbonyl (C=O) groups is 1. The normalized spacial score (nSPS) is 10.7. The highest BCUT2D eigenvalue weighted by Crippen LogP contribution is 2.33. The van der Waals surface area contributed by atoms with Gasteiger partial charge in [0.25, 0.3) is 5.91 Å². The molecular formula is C25H21ClN2O3. The number of carbonyl (C=O) groups excluding carboxylic acids is 1. The van der Waals surface area contributed by atoms with Crippen LogP contribution in [0.4, 0.5) is 5.69 Å². The third-order valence-electron chi connectivity index (χ3n) is 5.14. The molecule has 0 atom stereocenters. The molecule has 1 amide bonds. The number of ether oxygens (including phenoxy) is 2. The number of para-hydroxylation sites is 1. The maximum absolute atomic E-state index is 13.5. The van der Waals surface area contributed by atoms with Crippen LogP contribution < -0.4 is 14.8 Å². The van der Waals surface area contributed by atoms with Crippen molar-refractivity contribution < 1.29 is 14.3 Å². The van der Waals surface area contributed by atoms with Crippen molar-refractivity contribution in [3.05, 3.63) is 82.9 Å². The summed E-state index contributed by atoms with van der Waals surface area (Å²) in [6, 6.07) is 20.3. The average Bonchev–Trinajstić information content (AvgIpc) is 2.79. The number of hydrogen-bond acceptors (Lipinski definition) is 4. The molecule has 0 radical (unpaired) electrons. The maximum Gasteiger partial charge on any atom is 0.256 e. The Morgan fingerprint density at radius 2 is 1.71 bits per heavy atom. The van der Waals surface area contributed by atoms with Gasteiger partial charge in [-0.1, -0.05) is 41.9 Å². The standard InChI is InChI=1S/C25H21ClN2O3/c1-15-23(25(29)28-21-14-18(30-2)12-13-22(21)31-3)19-6-4-5-7-20(19)27-24(15)16-8-10-17(26)11-9-16/h4-14H,1-3H3,(H,28,29). The molecule has 0 aliphatic heterocycles. The van der Waals surface area contributed by atoms with E-state index in [1.165, 1.54) is 0 Å². The van der Waals surface area contributed by atoms with Crippen LogP contribution in [0.5, 0.6) is 11.5 Å². The van der Waals surface area contributed by atoms with Crippen LogP contribution in [0.3, 0.4) is 0 Å². The van der Waals surface area contributed by atoms with Crippen molar-refractivity contribution >= 4 is 34.1 Å². The second kappa shape index (κ2) is 8.66. The summed E-state index contributed by atoms with van der Waals surface area (Å²) in [4.78, 5) is 18.3. The first kappa shape index (κ1) is 20.7. The van der Waals surface area contributed by atoms with Crippen molar-refractivity contribution in [1.29, 1.82) is 0 Å². The molecule has 0 bridgehead atoms. The lowest BCUT2D eigenvalue weighted by Gasteiger charge is -2.16. The molecule has 1 aromatic heterocycles. The lowest BCUT2D eigenvalue weighted by atomic mass is 9.97. The van der Waals surface area contributed by atoms with E-state index in [1.54, 1.807) is 32.4 Å². The van der Waals surface area contributed by atoms with Gasteiger partial charge in [-0.3, -0.25) is 4.79 Å². The predicted octanol–water partition coefficient (Wildman–Crippen LogP) is 6.13. The number of rotatable bonds is 5. The predicted molar refractivity (Wildman–Crippen MR) is 124 cm³/mol. The Bertz CT molecular complexity index is 1270. The molecular weight excluding hydrogens is 412 g/mol. The molecule has 4 rings (SSSR count). The van der Waals surface area contributed by atoms with Crippen molar-refractivity contribution in [1.82, 2.24) is 4.98 Å². The van der Waals surface area contributed by atoms with E-state index < -0.39 is 0 Å². The molecule has 0 unspecified atom stereocenters. The molecule has 156 valence electrons. The SMILES string of the molecule is COc1ccc(OC)c(NC(=O)c2c(C)c(-c3ccc(Cl)cc3)nc3ccccc23)c1. The molecule has 0 spiro atoms. The van der Waals surface area contributed by atoms with Gasteiger partial charge in [-0.05, 0) is 42.8 Å². The Hall–Kier alpha value is -3.57. The van der Waals surface area contributed by atoms with Crippen molar-refractivity contribution in [2.24, 2.45) is 0 Å². The van der Waals surface area contributed by atoms with Crippen LogP contribution in [0.15, 0.2) is 66.7 Å². The molecule has 5 nitrogen and oxygen atoms in total. The van der Waals surface area contributed by atoms with Gasteiger partial charge in [-0.2, -0.15) is 0 Å². The van der Waals surface area contributed by atoms with Gasteiger partial charge in [-0.15, -0.1) is 0 Å². The zero-order valence-corrected chi connectivity index (χ0v) is 18.2. The van der Waals surface area contributed by atoms with Gasteiger partial charge in [0.05, 0.1) is 36.7 Å². The minimum Gasteiger partial charge on any atom is -0.497 e. The number of methoxy groups -OCH3 is 2. The molecule has 0 saturated heterocycles. The van der Waals surface area contributed by atoms with E-state index in [-0.39, 0.29) is 5.91 Å². The monoisotopic (exact) mass is 432 g/mol. The van der Waals surface area contributed by atoms with Crippen molar-refractivity contribution in [2.75, 3.05) is 19.5 Å². The minimum atomic E-state index is -0.252. The third kappa shape index (κ3) is 4.05. The number of benzene rings is 3. The average molecular weight is 433 g/mol. The summed E-state index contributed by atoms with van der Waals surface area (Å²) in [6.45, 7) is 1.90. The van der Waals surface area contributed by atoms with Crippen molar-refractivity contribution in [3.8, 4) is 22.8 Å². The molecule has 0 fully saturated rings. The van der Waals surface area contributed by atoms with E-state index >= 15 is 0 Å². The molecule has 1 heterocycles. The lowest BCUT2D eigenvalue weighted by molar-refractivity contribution is 0.102. The summed E-state index contributed by atoms with van der Waals surface area (Å²) in [6.07, 6.45) is 0. The number of nitrogens with one attached hydrogen (secondary N) is 1. The van der Waals surface area contributed by atoms with Crippen LogP contribution in [0.25, 0.3) is 22.2 Å². The van der Waals surface area contributed by atoms with Crippen LogP contribution in [0, 0.1) is 6.92 Å². The highest BCUT2D eigenvalue weighted by Gasteiger charge is 2.20. The quantitative estimate of drug-likeness (QED) is 0.412. The first-order chi connectivity index (χ1) is 15.0. The first-order valence-electron chi connectivity index (χ1n) is 9.70. The third-order valence-corrected chi connectivity index (χ3v) is 5.39. The van der Waals surface area contributed by atoms with Gasteiger partial charge >= 0.3 is 0 Å². The second-order valence-electron chi connectivity index (χ2n) is 7.00. The van der Waals surface area contributed by atoms with Crippen molar-refractivity contribution in [3.63, 3.8) is 0 Å².